The summed E-state index contributed by atoms with van der Waals surface area (Å²) in [5.41, 5.74) is 13.9. The largest absolute Gasteiger partial charge is 0.0622 e. The summed E-state index contributed by atoms with van der Waals surface area (Å²) in [5.74, 6) is 0. The maximum absolute atomic E-state index is 2.34. The summed E-state index contributed by atoms with van der Waals surface area (Å²) < 4.78 is 0. The Hall–Kier alpha value is -4.68. The second kappa shape index (κ2) is 10.7. The third kappa shape index (κ3) is 5.36. The van der Waals surface area contributed by atoms with E-state index < -0.39 is 0 Å². The Morgan fingerprint density at radius 3 is 1.21 bits per heavy atom. The van der Waals surface area contributed by atoms with Crippen LogP contribution in [0.4, 0.5) is 0 Å². The Morgan fingerprint density at radius 1 is 0.316 bits per heavy atom. The lowest BCUT2D eigenvalue weighted by Gasteiger charge is -2.12. The molecule has 6 aromatic carbocycles. The molecule has 0 aromatic heterocycles. The maximum Gasteiger partial charge on any atom is -0.00253 e. The first-order valence-electron chi connectivity index (χ1n) is 13.2. The summed E-state index contributed by atoms with van der Waals surface area (Å²) >= 11 is 0. The van der Waals surface area contributed by atoms with E-state index in [1.165, 1.54) is 61.2 Å². The number of aryl methyl sites for hydroxylation is 1. The van der Waals surface area contributed by atoms with Crippen LogP contribution in [-0.2, 0) is 6.42 Å². The summed E-state index contributed by atoms with van der Waals surface area (Å²) in [6.07, 6.45) is 0.900. The van der Waals surface area contributed by atoms with E-state index >= 15 is 0 Å². The molecule has 0 heteroatoms. The van der Waals surface area contributed by atoms with E-state index in [9.17, 15) is 0 Å². The van der Waals surface area contributed by atoms with Gasteiger partial charge in [-0.1, -0.05) is 139 Å². The fraction of sp³-hybridized carbons (Fsp3) is 0.0526. The zero-order valence-electron chi connectivity index (χ0n) is 21.6. The molecule has 0 radical (unpaired) electrons. The van der Waals surface area contributed by atoms with Gasteiger partial charge < -0.3 is 0 Å². The summed E-state index contributed by atoms with van der Waals surface area (Å²) in [6.45, 7) is 2.13. The van der Waals surface area contributed by atoms with Crippen molar-refractivity contribution in [2.24, 2.45) is 0 Å². The molecular weight excluding hydrogens is 456 g/mol. The Balaban J connectivity index is 1.35. The molecule has 0 aliphatic carbocycles. The molecule has 0 amide bonds. The molecule has 0 aliphatic rings. The normalized spacial score (nSPS) is 10.9. The lowest BCUT2D eigenvalue weighted by atomic mass is 9.92. The minimum Gasteiger partial charge on any atom is -0.0622 e. The van der Waals surface area contributed by atoms with Crippen molar-refractivity contribution in [1.82, 2.24) is 0 Å². The van der Waals surface area contributed by atoms with Gasteiger partial charge in [0.05, 0.1) is 0 Å². The molecule has 0 heterocycles. The highest BCUT2D eigenvalue weighted by Crippen LogP contribution is 2.33. The lowest BCUT2D eigenvalue weighted by Crippen LogP contribution is -1.91. The van der Waals surface area contributed by atoms with Gasteiger partial charge in [0.25, 0.3) is 0 Å². The van der Waals surface area contributed by atoms with Crippen molar-refractivity contribution < 1.29 is 0 Å². The van der Waals surface area contributed by atoms with Gasteiger partial charge in [-0.2, -0.15) is 0 Å². The molecule has 182 valence electrons. The van der Waals surface area contributed by atoms with Crippen LogP contribution in [-0.4, -0.2) is 0 Å². The molecule has 0 spiro atoms. The first kappa shape index (κ1) is 23.7. The first-order chi connectivity index (χ1) is 18.7. The zero-order chi connectivity index (χ0) is 25.7. The molecule has 0 nitrogen and oxygen atoms in total. The summed E-state index contributed by atoms with van der Waals surface area (Å²) in [7, 11) is 0. The van der Waals surface area contributed by atoms with Gasteiger partial charge in [-0.3, -0.25) is 0 Å². The van der Waals surface area contributed by atoms with E-state index in [1.54, 1.807) is 0 Å². The van der Waals surface area contributed by atoms with Crippen molar-refractivity contribution in [3.8, 4) is 44.5 Å². The number of hydrogen-bond acceptors (Lipinski definition) is 0. The average Bonchev–Trinajstić information content (AvgIpc) is 2.98. The Kier molecular flexibility index (Phi) is 6.70. The van der Waals surface area contributed by atoms with E-state index in [4.69, 9.17) is 0 Å². The van der Waals surface area contributed by atoms with Gasteiger partial charge in [-0.25, -0.2) is 0 Å². The molecule has 0 atom stereocenters. The standard InChI is InChI=1S/C38H30/c1-28-18-20-33(21-19-28)34-16-8-10-29(23-34)22-30-11-9-17-35(24-30)38-26-36(31-12-4-2-5-13-31)25-37(27-38)32-14-6-3-7-15-32/h2-21,23-27H,22H2,1H3. The van der Waals surface area contributed by atoms with Gasteiger partial charge in [0.1, 0.15) is 0 Å². The van der Waals surface area contributed by atoms with Crippen LogP contribution in [0.5, 0.6) is 0 Å². The molecule has 0 N–H and O–H groups in total. The van der Waals surface area contributed by atoms with Gasteiger partial charge in [0.15, 0.2) is 0 Å². The highest BCUT2D eigenvalue weighted by Gasteiger charge is 2.09. The second-order valence-electron chi connectivity index (χ2n) is 9.97. The minimum absolute atomic E-state index is 0.900. The number of rotatable bonds is 6. The summed E-state index contributed by atoms with van der Waals surface area (Å²) in [6, 6.07) is 54.9. The molecular formula is C38H30. The van der Waals surface area contributed by atoms with Gasteiger partial charge >= 0.3 is 0 Å². The molecule has 0 fully saturated rings. The monoisotopic (exact) mass is 486 g/mol. The second-order valence-corrected chi connectivity index (χ2v) is 9.97. The quantitative estimate of drug-likeness (QED) is 0.220. The number of hydrogen-bond donors (Lipinski definition) is 0. The fourth-order valence-electron chi connectivity index (χ4n) is 5.09. The third-order valence-corrected chi connectivity index (χ3v) is 7.13. The zero-order valence-corrected chi connectivity index (χ0v) is 21.6. The first-order valence-corrected chi connectivity index (χ1v) is 13.2. The average molecular weight is 487 g/mol. The lowest BCUT2D eigenvalue weighted by molar-refractivity contribution is 1.19. The van der Waals surface area contributed by atoms with Crippen molar-refractivity contribution in [1.29, 1.82) is 0 Å². The van der Waals surface area contributed by atoms with Crippen molar-refractivity contribution in [2.45, 2.75) is 13.3 Å². The Bertz CT molecular complexity index is 1600. The van der Waals surface area contributed by atoms with E-state index in [-0.39, 0.29) is 0 Å². The molecule has 38 heavy (non-hydrogen) atoms. The van der Waals surface area contributed by atoms with E-state index in [1.807, 2.05) is 0 Å². The van der Waals surface area contributed by atoms with Crippen molar-refractivity contribution in [2.75, 3.05) is 0 Å². The van der Waals surface area contributed by atoms with Crippen LogP contribution in [0.1, 0.15) is 16.7 Å². The Labute approximate surface area is 225 Å². The van der Waals surface area contributed by atoms with E-state index in [0.717, 1.165) is 6.42 Å². The molecule has 0 saturated carbocycles. The van der Waals surface area contributed by atoms with Crippen LogP contribution in [0, 0.1) is 6.92 Å². The SMILES string of the molecule is Cc1ccc(-c2cccc(Cc3cccc(-c4cc(-c5ccccc5)cc(-c5ccccc5)c4)c3)c2)cc1. The maximum atomic E-state index is 2.34. The Morgan fingerprint density at radius 2 is 0.711 bits per heavy atom. The van der Waals surface area contributed by atoms with Gasteiger partial charge in [-0.15, -0.1) is 0 Å². The van der Waals surface area contributed by atoms with Crippen molar-refractivity contribution in [3.05, 3.63) is 168 Å². The fourth-order valence-corrected chi connectivity index (χ4v) is 5.09. The smallest absolute Gasteiger partial charge is 0.00253 e. The molecule has 6 rings (SSSR count). The number of benzene rings is 6. The van der Waals surface area contributed by atoms with E-state index in [2.05, 4.69) is 159 Å². The van der Waals surface area contributed by atoms with Crippen LogP contribution in [0.3, 0.4) is 0 Å². The predicted molar refractivity (Wildman–Crippen MR) is 162 cm³/mol. The van der Waals surface area contributed by atoms with Gasteiger partial charge in [0.2, 0.25) is 0 Å². The molecule has 6 aromatic rings. The topological polar surface area (TPSA) is 0 Å². The highest BCUT2D eigenvalue weighted by molar-refractivity contribution is 5.81. The summed E-state index contributed by atoms with van der Waals surface area (Å²) in [5, 5.41) is 0. The van der Waals surface area contributed by atoms with Crippen LogP contribution in [0.25, 0.3) is 44.5 Å². The van der Waals surface area contributed by atoms with Crippen LogP contribution in [0.2, 0.25) is 0 Å². The van der Waals surface area contributed by atoms with Crippen LogP contribution in [0.15, 0.2) is 152 Å². The van der Waals surface area contributed by atoms with Crippen molar-refractivity contribution >= 4 is 0 Å². The van der Waals surface area contributed by atoms with Crippen LogP contribution < -0.4 is 0 Å². The molecule has 0 saturated heterocycles. The van der Waals surface area contributed by atoms with Crippen molar-refractivity contribution in [3.63, 3.8) is 0 Å². The highest BCUT2D eigenvalue weighted by atomic mass is 14.1. The van der Waals surface area contributed by atoms with E-state index in [0.29, 0.717) is 0 Å². The predicted octanol–water partition coefficient (Wildman–Crippen LogP) is 10.3. The van der Waals surface area contributed by atoms with Gasteiger partial charge in [0, 0.05) is 0 Å². The molecule has 0 bridgehead atoms. The minimum atomic E-state index is 0.900. The third-order valence-electron chi connectivity index (χ3n) is 7.13. The molecule has 0 unspecified atom stereocenters. The van der Waals surface area contributed by atoms with Crippen LogP contribution >= 0.6 is 0 Å². The summed E-state index contributed by atoms with van der Waals surface area (Å²) in [4.78, 5) is 0. The molecule has 0 aliphatic heterocycles. The van der Waals surface area contributed by atoms with Gasteiger partial charge in [-0.05, 0) is 87.2 Å².